The second-order valence-electron chi connectivity index (χ2n) is 6.48. The molecule has 6 nitrogen and oxygen atoms in total. The molecule has 1 fully saturated rings. The van der Waals surface area contributed by atoms with Gasteiger partial charge in [-0.1, -0.05) is 30.3 Å². The smallest absolute Gasteiger partial charge is 0.410 e. The predicted octanol–water partition coefficient (Wildman–Crippen LogP) is 4.02. The fourth-order valence-corrected chi connectivity index (χ4v) is 4.20. The molecule has 1 aromatic carbocycles. The van der Waals surface area contributed by atoms with Crippen molar-refractivity contribution in [3.63, 3.8) is 0 Å². The number of likely N-dealkylation sites (tertiary alicyclic amines) is 1. The first-order chi connectivity index (χ1) is 13.1. The molecule has 1 saturated heterocycles. The molecule has 144 valence electrons. The van der Waals surface area contributed by atoms with Crippen molar-refractivity contribution in [2.75, 3.05) is 25.4 Å². The van der Waals surface area contributed by atoms with Crippen LogP contribution < -0.4 is 5.73 Å². The molecule has 7 heteroatoms. The minimum Gasteiger partial charge on any atom is -0.462 e. The summed E-state index contributed by atoms with van der Waals surface area (Å²) in [5.74, 6) is -0.342. The molecule has 2 aromatic rings. The quantitative estimate of drug-likeness (QED) is 0.782. The number of carbonyl (C=O) groups is 2. The molecule has 1 amide bonds. The zero-order valence-corrected chi connectivity index (χ0v) is 16.2. The van der Waals surface area contributed by atoms with Gasteiger partial charge in [-0.3, -0.25) is 0 Å². The van der Waals surface area contributed by atoms with Gasteiger partial charge in [0.2, 0.25) is 0 Å². The third-order valence-corrected chi connectivity index (χ3v) is 5.48. The Morgan fingerprint density at radius 1 is 1.26 bits per heavy atom. The van der Waals surface area contributed by atoms with Crippen LogP contribution in [-0.4, -0.2) is 36.7 Å². The summed E-state index contributed by atoms with van der Waals surface area (Å²) in [6, 6.07) is 9.60. The van der Waals surface area contributed by atoms with E-state index in [1.54, 1.807) is 11.8 Å². The van der Waals surface area contributed by atoms with Crippen molar-refractivity contribution < 1.29 is 19.1 Å². The molecule has 27 heavy (non-hydrogen) atoms. The number of rotatable bonds is 5. The summed E-state index contributed by atoms with van der Waals surface area (Å²) in [7, 11) is 0. The lowest BCUT2D eigenvalue weighted by Crippen LogP contribution is -2.39. The van der Waals surface area contributed by atoms with E-state index in [0.29, 0.717) is 30.3 Å². The summed E-state index contributed by atoms with van der Waals surface area (Å²) in [6.07, 6.45) is 1.41. The van der Waals surface area contributed by atoms with E-state index in [4.69, 9.17) is 15.2 Å². The van der Waals surface area contributed by atoms with Crippen LogP contribution in [0.25, 0.3) is 0 Å². The molecule has 1 atom stereocenters. The van der Waals surface area contributed by atoms with E-state index in [1.165, 1.54) is 11.3 Å². The zero-order chi connectivity index (χ0) is 19.2. The van der Waals surface area contributed by atoms with Crippen molar-refractivity contribution in [2.24, 2.45) is 0 Å². The number of piperidine rings is 1. The number of nitrogen functional groups attached to an aromatic ring is 1. The molecule has 1 aliphatic rings. The van der Waals surface area contributed by atoms with Gasteiger partial charge in [0.05, 0.1) is 12.2 Å². The predicted molar refractivity (Wildman–Crippen MR) is 105 cm³/mol. The average molecular weight is 388 g/mol. The molecule has 3 rings (SSSR count). The van der Waals surface area contributed by atoms with Gasteiger partial charge in [0.15, 0.2) is 0 Å². The number of anilines is 1. The lowest BCUT2D eigenvalue weighted by Gasteiger charge is -2.32. The van der Waals surface area contributed by atoms with Crippen LogP contribution in [0.3, 0.4) is 0 Å². The second-order valence-corrected chi connectivity index (χ2v) is 7.39. The van der Waals surface area contributed by atoms with Gasteiger partial charge >= 0.3 is 12.1 Å². The Kier molecular flexibility index (Phi) is 6.34. The molecular formula is C20H24N2O4S. The number of hydrogen-bond donors (Lipinski definition) is 1. The summed E-state index contributed by atoms with van der Waals surface area (Å²) in [4.78, 5) is 26.4. The average Bonchev–Trinajstić information content (AvgIpc) is 3.09. The Labute approximate surface area is 162 Å². The van der Waals surface area contributed by atoms with Crippen LogP contribution >= 0.6 is 11.3 Å². The number of amides is 1. The third kappa shape index (κ3) is 4.60. The van der Waals surface area contributed by atoms with Crippen LogP contribution in [-0.2, 0) is 16.1 Å². The molecule has 1 aliphatic heterocycles. The van der Waals surface area contributed by atoms with Crippen LogP contribution in [0.15, 0.2) is 35.7 Å². The van der Waals surface area contributed by atoms with Gasteiger partial charge in [-0.25, -0.2) is 9.59 Å². The standard InChI is InChI=1S/C20H24N2O4S/c1-2-25-19(23)17-16(13-27-18(17)21)15-9-6-10-22(11-15)20(24)26-12-14-7-4-3-5-8-14/h3-5,7-8,13,15H,2,6,9-12,21H2,1H3. The van der Waals surface area contributed by atoms with Gasteiger partial charge in [-0.2, -0.15) is 0 Å². The monoisotopic (exact) mass is 388 g/mol. The maximum atomic E-state index is 12.5. The number of nitrogens with zero attached hydrogens (tertiary/aromatic N) is 1. The van der Waals surface area contributed by atoms with E-state index < -0.39 is 5.97 Å². The Balaban J connectivity index is 1.66. The largest absolute Gasteiger partial charge is 0.462 e. The lowest BCUT2D eigenvalue weighted by molar-refractivity contribution is 0.0525. The number of benzene rings is 1. The van der Waals surface area contributed by atoms with Crippen LogP contribution in [0.1, 0.15) is 47.2 Å². The van der Waals surface area contributed by atoms with Crippen molar-refractivity contribution in [1.29, 1.82) is 0 Å². The molecule has 0 bridgehead atoms. The molecule has 0 aliphatic carbocycles. The Hall–Kier alpha value is -2.54. The highest BCUT2D eigenvalue weighted by atomic mass is 32.1. The zero-order valence-electron chi connectivity index (χ0n) is 15.3. The number of nitrogens with two attached hydrogens (primary N) is 1. The summed E-state index contributed by atoms with van der Waals surface area (Å²) in [5.41, 5.74) is 8.27. The highest BCUT2D eigenvalue weighted by molar-refractivity contribution is 7.14. The normalized spacial score (nSPS) is 16.8. The molecule has 1 aromatic heterocycles. The second kappa shape index (κ2) is 8.90. The van der Waals surface area contributed by atoms with E-state index in [1.807, 2.05) is 35.7 Å². The van der Waals surface area contributed by atoms with Gasteiger partial charge in [0.25, 0.3) is 0 Å². The lowest BCUT2D eigenvalue weighted by atomic mass is 9.90. The van der Waals surface area contributed by atoms with Crippen LogP contribution in [0.4, 0.5) is 9.80 Å². The highest BCUT2D eigenvalue weighted by Gasteiger charge is 2.30. The first-order valence-electron chi connectivity index (χ1n) is 9.09. The first kappa shape index (κ1) is 19.2. The summed E-state index contributed by atoms with van der Waals surface area (Å²) < 4.78 is 10.6. The van der Waals surface area contributed by atoms with E-state index >= 15 is 0 Å². The first-order valence-corrected chi connectivity index (χ1v) is 9.97. The van der Waals surface area contributed by atoms with Crippen molar-refractivity contribution in [3.8, 4) is 0 Å². The van der Waals surface area contributed by atoms with Gasteiger partial charge in [0.1, 0.15) is 11.6 Å². The molecule has 2 heterocycles. The van der Waals surface area contributed by atoms with Crippen LogP contribution in [0.5, 0.6) is 0 Å². The molecule has 0 radical (unpaired) electrons. The van der Waals surface area contributed by atoms with Gasteiger partial charge in [0, 0.05) is 19.0 Å². The molecule has 0 spiro atoms. The van der Waals surface area contributed by atoms with Gasteiger partial charge < -0.3 is 20.1 Å². The van der Waals surface area contributed by atoms with Crippen molar-refractivity contribution in [2.45, 2.75) is 32.3 Å². The molecule has 2 N–H and O–H groups in total. The van der Waals surface area contributed by atoms with Crippen molar-refractivity contribution in [3.05, 3.63) is 52.4 Å². The van der Waals surface area contributed by atoms with Crippen LogP contribution in [0, 0.1) is 0 Å². The number of hydrogen-bond acceptors (Lipinski definition) is 6. The minimum absolute atomic E-state index is 0.0518. The summed E-state index contributed by atoms with van der Waals surface area (Å²) in [5, 5.41) is 2.37. The van der Waals surface area contributed by atoms with E-state index in [0.717, 1.165) is 24.0 Å². The molecular weight excluding hydrogens is 364 g/mol. The molecule has 0 saturated carbocycles. The van der Waals surface area contributed by atoms with E-state index in [2.05, 4.69) is 0 Å². The fraction of sp³-hybridized carbons (Fsp3) is 0.400. The van der Waals surface area contributed by atoms with Crippen LogP contribution in [0.2, 0.25) is 0 Å². The minimum atomic E-state index is -0.393. The fourth-order valence-electron chi connectivity index (χ4n) is 3.32. The van der Waals surface area contributed by atoms with E-state index in [9.17, 15) is 9.59 Å². The SMILES string of the molecule is CCOC(=O)c1c(C2CCCN(C(=O)OCc3ccccc3)C2)csc1N. The van der Waals surface area contributed by atoms with Gasteiger partial charge in [-0.15, -0.1) is 11.3 Å². The number of carbonyl (C=O) groups excluding carboxylic acids is 2. The number of esters is 1. The Bertz CT molecular complexity index is 791. The third-order valence-electron chi connectivity index (χ3n) is 4.65. The summed E-state index contributed by atoms with van der Waals surface area (Å²) in [6.45, 7) is 3.48. The molecule has 1 unspecified atom stereocenters. The number of ether oxygens (including phenoxy) is 2. The Morgan fingerprint density at radius 2 is 2.04 bits per heavy atom. The summed E-state index contributed by atoms with van der Waals surface area (Å²) >= 11 is 1.34. The van der Waals surface area contributed by atoms with Crippen molar-refractivity contribution in [1.82, 2.24) is 4.90 Å². The number of thiophene rings is 1. The maximum Gasteiger partial charge on any atom is 0.410 e. The maximum absolute atomic E-state index is 12.5. The highest BCUT2D eigenvalue weighted by Crippen LogP contribution is 2.36. The van der Waals surface area contributed by atoms with E-state index in [-0.39, 0.29) is 18.6 Å². The van der Waals surface area contributed by atoms with Gasteiger partial charge in [-0.05, 0) is 36.3 Å². The Morgan fingerprint density at radius 3 is 2.78 bits per heavy atom. The van der Waals surface area contributed by atoms with Crippen molar-refractivity contribution >= 4 is 28.4 Å². The topological polar surface area (TPSA) is 81.9 Å².